The number of halogens is 2. The van der Waals surface area contributed by atoms with Gasteiger partial charge < -0.3 is 9.64 Å². The number of thiazole rings is 1. The minimum absolute atomic E-state index is 0.0255. The predicted molar refractivity (Wildman–Crippen MR) is 119 cm³/mol. The Labute approximate surface area is 192 Å². The largest absolute Gasteiger partial charge is 0.435 e. The first-order valence-corrected chi connectivity index (χ1v) is 11.1. The van der Waals surface area contributed by atoms with Crippen LogP contribution in [0.4, 0.5) is 8.78 Å². The Balaban J connectivity index is 1.42. The summed E-state index contributed by atoms with van der Waals surface area (Å²) in [5.74, 6) is 0.919. The fraction of sp³-hybridized carbons (Fsp3) is 0.217. The monoisotopic (exact) mass is 467 g/mol. The SMILES string of the molecule is Cc1nc2c(s1)CN(C(=O)Cn1nc(-c3ccc(OC(F)F)cc3)nc1-c1ccccc1)C2. The van der Waals surface area contributed by atoms with Gasteiger partial charge in [-0.2, -0.15) is 8.78 Å². The van der Waals surface area contributed by atoms with Gasteiger partial charge in [0.05, 0.1) is 23.8 Å². The average molecular weight is 468 g/mol. The van der Waals surface area contributed by atoms with Gasteiger partial charge in [0.25, 0.3) is 0 Å². The van der Waals surface area contributed by atoms with Crippen LogP contribution in [0.2, 0.25) is 0 Å². The minimum Gasteiger partial charge on any atom is -0.435 e. The van der Waals surface area contributed by atoms with Crippen LogP contribution in [-0.2, 0) is 24.4 Å². The number of fused-ring (bicyclic) bond motifs is 1. The second kappa shape index (κ2) is 8.70. The Bertz CT molecular complexity index is 1260. The number of nitrogens with zero attached hydrogens (tertiary/aromatic N) is 5. The third-order valence-electron chi connectivity index (χ3n) is 5.24. The van der Waals surface area contributed by atoms with E-state index in [1.807, 2.05) is 37.3 Å². The Kier molecular flexibility index (Phi) is 5.59. The number of aryl methyl sites for hydroxylation is 1. The van der Waals surface area contributed by atoms with Crippen molar-refractivity contribution in [3.63, 3.8) is 0 Å². The average Bonchev–Trinajstić information content (AvgIpc) is 3.47. The van der Waals surface area contributed by atoms with E-state index >= 15 is 0 Å². The van der Waals surface area contributed by atoms with Gasteiger partial charge in [-0.3, -0.25) is 4.79 Å². The second-order valence-corrected chi connectivity index (χ2v) is 8.83. The predicted octanol–water partition coefficient (Wildman–Crippen LogP) is 4.52. The van der Waals surface area contributed by atoms with E-state index in [4.69, 9.17) is 0 Å². The molecule has 0 aliphatic carbocycles. The van der Waals surface area contributed by atoms with Crippen LogP contribution in [0.15, 0.2) is 54.6 Å². The molecule has 0 unspecified atom stereocenters. The summed E-state index contributed by atoms with van der Waals surface area (Å²) in [7, 11) is 0. The molecule has 33 heavy (non-hydrogen) atoms. The maximum Gasteiger partial charge on any atom is 0.387 e. The van der Waals surface area contributed by atoms with E-state index < -0.39 is 6.61 Å². The molecule has 5 rings (SSSR count). The van der Waals surface area contributed by atoms with E-state index in [9.17, 15) is 13.6 Å². The summed E-state index contributed by atoms with van der Waals surface area (Å²) >= 11 is 1.61. The summed E-state index contributed by atoms with van der Waals surface area (Å²) in [6.45, 7) is 0.139. The van der Waals surface area contributed by atoms with Crippen LogP contribution in [0, 0.1) is 6.92 Å². The third kappa shape index (κ3) is 4.47. The quantitative estimate of drug-likeness (QED) is 0.417. The van der Waals surface area contributed by atoms with E-state index in [0.29, 0.717) is 30.3 Å². The van der Waals surface area contributed by atoms with Crippen molar-refractivity contribution in [1.29, 1.82) is 0 Å². The van der Waals surface area contributed by atoms with Gasteiger partial charge in [0, 0.05) is 16.0 Å². The van der Waals surface area contributed by atoms with Crippen LogP contribution in [-0.4, -0.2) is 37.2 Å². The molecule has 0 atom stereocenters. The number of ether oxygens (including phenoxy) is 1. The Morgan fingerprint density at radius 1 is 1.06 bits per heavy atom. The van der Waals surface area contributed by atoms with Gasteiger partial charge in [-0.1, -0.05) is 30.3 Å². The van der Waals surface area contributed by atoms with E-state index in [0.717, 1.165) is 21.1 Å². The zero-order valence-electron chi connectivity index (χ0n) is 17.6. The van der Waals surface area contributed by atoms with Gasteiger partial charge >= 0.3 is 6.61 Å². The molecule has 7 nitrogen and oxygen atoms in total. The molecule has 0 radical (unpaired) electrons. The van der Waals surface area contributed by atoms with Crippen molar-refractivity contribution in [3.8, 4) is 28.5 Å². The highest BCUT2D eigenvalue weighted by molar-refractivity contribution is 7.11. The van der Waals surface area contributed by atoms with Crippen LogP contribution in [0.1, 0.15) is 15.6 Å². The number of amides is 1. The molecule has 0 fully saturated rings. The molecule has 0 saturated carbocycles. The van der Waals surface area contributed by atoms with Crippen LogP contribution >= 0.6 is 11.3 Å². The number of carbonyl (C=O) groups is 1. The van der Waals surface area contributed by atoms with Gasteiger partial charge in [-0.05, 0) is 31.2 Å². The number of carbonyl (C=O) groups excluding carboxylic acids is 1. The Morgan fingerprint density at radius 2 is 1.82 bits per heavy atom. The maximum absolute atomic E-state index is 13.1. The van der Waals surface area contributed by atoms with Crippen LogP contribution in [0.25, 0.3) is 22.8 Å². The highest BCUT2D eigenvalue weighted by atomic mass is 32.1. The lowest BCUT2D eigenvalue weighted by molar-refractivity contribution is -0.132. The molecule has 0 N–H and O–H groups in total. The number of alkyl halides is 2. The lowest BCUT2D eigenvalue weighted by atomic mass is 10.2. The van der Waals surface area contributed by atoms with E-state index in [2.05, 4.69) is 19.8 Å². The molecule has 168 valence electrons. The molecule has 0 bridgehead atoms. The van der Waals surface area contributed by atoms with Crippen molar-refractivity contribution in [1.82, 2.24) is 24.6 Å². The zero-order chi connectivity index (χ0) is 22.9. The van der Waals surface area contributed by atoms with Crippen LogP contribution in [0.3, 0.4) is 0 Å². The lowest BCUT2D eigenvalue weighted by Crippen LogP contribution is -2.30. The van der Waals surface area contributed by atoms with Gasteiger partial charge in [0.1, 0.15) is 12.3 Å². The molecule has 2 aromatic carbocycles. The molecule has 2 aromatic heterocycles. The summed E-state index contributed by atoms with van der Waals surface area (Å²) in [4.78, 5) is 25.1. The minimum atomic E-state index is -2.89. The zero-order valence-corrected chi connectivity index (χ0v) is 18.4. The van der Waals surface area contributed by atoms with E-state index in [-0.39, 0.29) is 18.2 Å². The van der Waals surface area contributed by atoms with Gasteiger partial charge in [-0.15, -0.1) is 16.4 Å². The molecule has 10 heteroatoms. The number of hydrogen-bond donors (Lipinski definition) is 0. The van der Waals surface area contributed by atoms with Crippen molar-refractivity contribution >= 4 is 17.2 Å². The lowest BCUT2D eigenvalue weighted by Gasteiger charge is -2.16. The number of hydrogen-bond acceptors (Lipinski definition) is 6. The highest BCUT2D eigenvalue weighted by Gasteiger charge is 2.27. The van der Waals surface area contributed by atoms with Crippen LogP contribution in [0.5, 0.6) is 5.75 Å². The van der Waals surface area contributed by atoms with Crippen molar-refractivity contribution in [3.05, 3.63) is 70.2 Å². The standard InChI is InChI=1S/C23H19F2N5O2S/c1-14-26-18-11-29(12-19(18)33-14)20(31)13-30-22(16-5-3-2-4-6-16)27-21(28-30)15-7-9-17(10-8-15)32-23(24)25/h2-10,23H,11-13H2,1H3. The molecular formula is C23H19F2N5O2S. The third-order valence-corrected chi connectivity index (χ3v) is 6.24. The molecular weight excluding hydrogens is 448 g/mol. The molecule has 3 heterocycles. The summed E-state index contributed by atoms with van der Waals surface area (Å²) in [5, 5.41) is 5.57. The summed E-state index contributed by atoms with van der Waals surface area (Å²) in [5.41, 5.74) is 2.40. The molecule has 0 saturated heterocycles. The summed E-state index contributed by atoms with van der Waals surface area (Å²) < 4.78 is 30.9. The molecule has 0 spiro atoms. The summed E-state index contributed by atoms with van der Waals surface area (Å²) in [6.07, 6.45) is 0. The maximum atomic E-state index is 13.1. The summed E-state index contributed by atoms with van der Waals surface area (Å²) in [6, 6.07) is 15.6. The van der Waals surface area contributed by atoms with Gasteiger partial charge in [0.2, 0.25) is 5.91 Å². The first kappa shape index (κ1) is 21.2. The first-order chi connectivity index (χ1) is 16.0. The molecule has 1 aliphatic heterocycles. The highest BCUT2D eigenvalue weighted by Crippen LogP contribution is 2.29. The van der Waals surface area contributed by atoms with Gasteiger partial charge in [-0.25, -0.2) is 14.6 Å². The van der Waals surface area contributed by atoms with Crippen molar-refractivity contribution in [2.24, 2.45) is 0 Å². The molecule has 1 aliphatic rings. The fourth-order valence-corrected chi connectivity index (χ4v) is 4.70. The Morgan fingerprint density at radius 3 is 2.52 bits per heavy atom. The van der Waals surface area contributed by atoms with Crippen molar-refractivity contribution in [2.75, 3.05) is 0 Å². The van der Waals surface area contributed by atoms with E-state index in [1.54, 1.807) is 33.1 Å². The number of rotatable bonds is 6. The number of benzene rings is 2. The topological polar surface area (TPSA) is 73.1 Å². The molecule has 1 amide bonds. The van der Waals surface area contributed by atoms with Crippen molar-refractivity contribution in [2.45, 2.75) is 33.2 Å². The smallest absolute Gasteiger partial charge is 0.387 e. The number of aromatic nitrogens is 4. The first-order valence-electron chi connectivity index (χ1n) is 10.2. The normalized spacial score (nSPS) is 12.9. The van der Waals surface area contributed by atoms with Crippen LogP contribution < -0.4 is 4.74 Å². The van der Waals surface area contributed by atoms with E-state index in [1.165, 1.54) is 12.1 Å². The van der Waals surface area contributed by atoms with Crippen molar-refractivity contribution < 1.29 is 18.3 Å². The molecule has 4 aromatic rings. The van der Waals surface area contributed by atoms with Gasteiger partial charge in [0.15, 0.2) is 11.6 Å². The second-order valence-electron chi connectivity index (χ2n) is 7.54. The Hall–Kier alpha value is -3.66. The fourth-order valence-electron chi connectivity index (χ4n) is 3.73.